The van der Waals surface area contributed by atoms with Crippen LogP contribution in [0.2, 0.25) is 0 Å². The summed E-state index contributed by atoms with van der Waals surface area (Å²) in [5.74, 6) is -0.525. The first-order valence-corrected chi connectivity index (χ1v) is 6.25. The number of benzene rings is 1. The van der Waals surface area contributed by atoms with Crippen molar-refractivity contribution < 1.29 is 14.7 Å². The minimum Gasteiger partial charge on any atom is -0.396 e. The third-order valence-corrected chi connectivity index (χ3v) is 2.68. The van der Waals surface area contributed by atoms with Gasteiger partial charge in [0.2, 0.25) is 5.91 Å². The molecule has 1 aromatic rings. The van der Waals surface area contributed by atoms with Crippen LogP contribution in [0.5, 0.6) is 0 Å². The molecule has 19 heavy (non-hydrogen) atoms. The Labute approximate surface area is 113 Å². The number of nitrogens with one attached hydrogen (secondary N) is 2. The summed E-state index contributed by atoms with van der Waals surface area (Å²) in [6.07, 6.45) is 0. The molecule has 0 aromatic heterocycles. The highest BCUT2D eigenvalue weighted by molar-refractivity contribution is 5.96. The van der Waals surface area contributed by atoms with E-state index in [1.165, 1.54) is 0 Å². The van der Waals surface area contributed by atoms with E-state index in [1.54, 1.807) is 12.1 Å². The topological polar surface area (TPSA) is 78.4 Å². The van der Waals surface area contributed by atoms with Gasteiger partial charge in [-0.2, -0.15) is 0 Å². The second kappa shape index (κ2) is 7.53. The third-order valence-electron chi connectivity index (χ3n) is 2.68. The molecule has 0 aliphatic rings. The van der Waals surface area contributed by atoms with Gasteiger partial charge in [0.15, 0.2) is 0 Å². The fraction of sp³-hybridized carbons (Fsp3) is 0.429. The fourth-order valence-electron chi connectivity index (χ4n) is 1.38. The van der Waals surface area contributed by atoms with Gasteiger partial charge in [-0.25, -0.2) is 0 Å². The summed E-state index contributed by atoms with van der Waals surface area (Å²) < 4.78 is 0. The van der Waals surface area contributed by atoms with Crippen LogP contribution in [-0.2, 0) is 4.79 Å². The van der Waals surface area contributed by atoms with Crippen molar-refractivity contribution in [1.29, 1.82) is 0 Å². The standard InChI is InChI=1S/C14H20N2O3/c1-10-3-5-12(6-4-10)14(19)16-8-13(18)15-7-11(2)9-17/h3-6,11,17H,7-9H2,1-2H3,(H,15,18)(H,16,19). The highest BCUT2D eigenvalue weighted by Crippen LogP contribution is 2.02. The molecular weight excluding hydrogens is 244 g/mol. The maximum atomic E-state index is 11.7. The summed E-state index contributed by atoms with van der Waals surface area (Å²) >= 11 is 0. The summed E-state index contributed by atoms with van der Waals surface area (Å²) in [4.78, 5) is 23.2. The first kappa shape index (κ1) is 15.2. The molecule has 1 aromatic carbocycles. The van der Waals surface area contributed by atoms with Gasteiger partial charge in [-0.15, -0.1) is 0 Å². The number of amides is 2. The van der Waals surface area contributed by atoms with E-state index in [0.717, 1.165) is 5.56 Å². The summed E-state index contributed by atoms with van der Waals surface area (Å²) in [5, 5.41) is 14.0. The molecule has 0 aliphatic carbocycles. The van der Waals surface area contributed by atoms with Gasteiger partial charge in [0.25, 0.3) is 5.91 Å². The van der Waals surface area contributed by atoms with E-state index in [2.05, 4.69) is 10.6 Å². The molecule has 1 unspecified atom stereocenters. The lowest BCUT2D eigenvalue weighted by atomic mass is 10.1. The molecular formula is C14H20N2O3. The molecule has 1 rings (SSSR count). The van der Waals surface area contributed by atoms with Crippen LogP contribution in [0.4, 0.5) is 0 Å². The summed E-state index contributed by atoms with van der Waals surface area (Å²) in [6, 6.07) is 7.13. The van der Waals surface area contributed by atoms with Gasteiger partial charge >= 0.3 is 0 Å². The van der Waals surface area contributed by atoms with E-state index in [9.17, 15) is 9.59 Å². The Bertz CT molecular complexity index is 429. The van der Waals surface area contributed by atoms with Crippen molar-refractivity contribution in [2.75, 3.05) is 19.7 Å². The Hall–Kier alpha value is -1.88. The molecule has 0 saturated carbocycles. The highest BCUT2D eigenvalue weighted by atomic mass is 16.3. The van der Waals surface area contributed by atoms with E-state index >= 15 is 0 Å². The van der Waals surface area contributed by atoms with E-state index in [1.807, 2.05) is 26.0 Å². The fourth-order valence-corrected chi connectivity index (χ4v) is 1.38. The van der Waals surface area contributed by atoms with E-state index < -0.39 is 0 Å². The van der Waals surface area contributed by atoms with Crippen LogP contribution in [0.3, 0.4) is 0 Å². The lowest BCUT2D eigenvalue weighted by molar-refractivity contribution is -0.120. The Morgan fingerprint density at radius 2 is 1.84 bits per heavy atom. The minimum atomic E-state index is -0.273. The van der Waals surface area contributed by atoms with E-state index in [0.29, 0.717) is 12.1 Å². The summed E-state index contributed by atoms with van der Waals surface area (Å²) in [7, 11) is 0. The zero-order chi connectivity index (χ0) is 14.3. The highest BCUT2D eigenvalue weighted by Gasteiger charge is 2.08. The second-order valence-electron chi connectivity index (χ2n) is 4.64. The minimum absolute atomic E-state index is 0.0109. The van der Waals surface area contributed by atoms with Gasteiger partial charge in [0.1, 0.15) is 0 Å². The van der Waals surface area contributed by atoms with Crippen molar-refractivity contribution in [1.82, 2.24) is 10.6 Å². The number of rotatable bonds is 6. The van der Waals surface area contributed by atoms with Gasteiger partial charge in [-0.05, 0) is 25.0 Å². The molecule has 0 fully saturated rings. The summed E-state index contributed by atoms with van der Waals surface area (Å²) in [6.45, 7) is 4.12. The molecule has 5 nitrogen and oxygen atoms in total. The van der Waals surface area contributed by atoms with Crippen molar-refractivity contribution in [2.45, 2.75) is 13.8 Å². The van der Waals surface area contributed by atoms with Gasteiger partial charge in [-0.1, -0.05) is 24.6 Å². The smallest absolute Gasteiger partial charge is 0.251 e. The lowest BCUT2D eigenvalue weighted by Crippen LogP contribution is -2.39. The Morgan fingerprint density at radius 1 is 1.21 bits per heavy atom. The van der Waals surface area contributed by atoms with Crippen LogP contribution in [0.25, 0.3) is 0 Å². The molecule has 0 heterocycles. The molecule has 1 atom stereocenters. The molecule has 0 radical (unpaired) electrons. The normalized spacial score (nSPS) is 11.7. The largest absolute Gasteiger partial charge is 0.396 e. The molecule has 104 valence electrons. The molecule has 0 spiro atoms. The van der Waals surface area contributed by atoms with Crippen molar-refractivity contribution in [3.8, 4) is 0 Å². The molecule has 0 bridgehead atoms. The van der Waals surface area contributed by atoms with Crippen molar-refractivity contribution in [3.05, 3.63) is 35.4 Å². The van der Waals surface area contributed by atoms with Gasteiger partial charge in [0, 0.05) is 18.7 Å². The summed E-state index contributed by atoms with van der Waals surface area (Å²) in [5.41, 5.74) is 1.61. The number of aliphatic hydroxyl groups is 1. The van der Waals surface area contributed by atoms with Crippen molar-refractivity contribution >= 4 is 11.8 Å². The van der Waals surface area contributed by atoms with Gasteiger partial charge in [-0.3, -0.25) is 9.59 Å². The van der Waals surface area contributed by atoms with Crippen LogP contribution in [0, 0.1) is 12.8 Å². The van der Waals surface area contributed by atoms with E-state index in [4.69, 9.17) is 5.11 Å². The van der Waals surface area contributed by atoms with Gasteiger partial charge in [0.05, 0.1) is 6.54 Å². The SMILES string of the molecule is Cc1ccc(C(=O)NCC(=O)NCC(C)CO)cc1. The monoisotopic (exact) mass is 264 g/mol. The zero-order valence-electron chi connectivity index (χ0n) is 11.3. The average molecular weight is 264 g/mol. The Kier molecular flexibility index (Phi) is 6.02. The quantitative estimate of drug-likeness (QED) is 0.699. The van der Waals surface area contributed by atoms with Crippen molar-refractivity contribution in [2.24, 2.45) is 5.92 Å². The Morgan fingerprint density at radius 3 is 2.42 bits per heavy atom. The van der Waals surface area contributed by atoms with Crippen LogP contribution >= 0.6 is 0 Å². The van der Waals surface area contributed by atoms with Crippen LogP contribution in [0.1, 0.15) is 22.8 Å². The van der Waals surface area contributed by atoms with E-state index in [-0.39, 0.29) is 30.9 Å². The molecule has 3 N–H and O–H groups in total. The molecule has 2 amide bonds. The predicted molar refractivity (Wildman–Crippen MR) is 72.8 cm³/mol. The third kappa shape index (κ3) is 5.52. The molecule has 5 heteroatoms. The van der Waals surface area contributed by atoms with Crippen molar-refractivity contribution in [3.63, 3.8) is 0 Å². The molecule has 0 aliphatic heterocycles. The van der Waals surface area contributed by atoms with Gasteiger partial charge < -0.3 is 15.7 Å². The number of aryl methyl sites for hydroxylation is 1. The lowest BCUT2D eigenvalue weighted by Gasteiger charge is -2.10. The zero-order valence-corrected chi connectivity index (χ0v) is 11.3. The number of aliphatic hydroxyl groups excluding tert-OH is 1. The van der Waals surface area contributed by atoms with Crippen LogP contribution in [0.15, 0.2) is 24.3 Å². The Balaban J connectivity index is 2.34. The van der Waals surface area contributed by atoms with Crippen LogP contribution < -0.4 is 10.6 Å². The number of hydrogen-bond donors (Lipinski definition) is 3. The maximum absolute atomic E-state index is 11.7. The number of carbonyl (C=O) groups excluding carboxylic acids is 2. The first-order valence-electron chi connectivity index (χ1n) is 6.25. The average Bonchev–Trinajstić information content (AvgIpc) is 2.42. The number of carbonyl (C=O) groups is 2. The van der Waals surface area contributed by atoms with Crippen LogP contribution in [-0.4, -0.2) is 36.6 Å². The second-order valence-corrected chi connectivity index (χ2v) is 4.64. The first-order chi connectivity index (χ1) is 9.02. The number of hydrogen-bond acceptors (Lipinski definition) is 3. The molecule has 0 saturated heterocycles. The maximum Gasteiger partial charge on any atom is 0.251 e. The predicted octanol–water partition coefficient (Wildman–Crippen LogP) is 0.469.